The van der Waals surface area contributed by atoms with Gasteiger partial charge in [0.2, 0.25) is 0 Å². The number of hydrogen-bond donors (Lipinski definition) is 1. The summed E-state index contributed by atoms with van der Waals surface area (Å²) in [5.74, 6) is 0.778. The molecule has 1 N–H and O–H groups in total. The van der Waals surface area contributed by atoms with E-state index in [1.807, 2.05) is 50.2 Å². The van der Waals surface area contributed by atoms with Gasteiger partial charge in [0.05, 0.1) is 12.0 Å². The summed E-state index contributed by atoms with van der Waals surface area (Å²) in [4.78, 5) is 0. The van der Waals surface area contributed by atoms with Crippen LogP contribution in [0.2, 0.25) is 0 Å². The molecule has 0 unspecified atom stereocenters. The van der Waals surface area contributed by atoms with E-state index in [2.05, 4.69) is 10.5 Å². The Hall–Kier alpha value is -2.03. The maximum atomic E-state index is 5.24. The summed E-state index contributed by atoms with van der Waals surface area (Å²) in [6.07, 6.45) is 1.64. The van der Waals surface area contributed by atoms with Crippen molar-refractivity contribution in [1.82, 2.24) is 0 Å². The van der Waals surface area contributed by atoms with Gasteiger partial charge in [0, 0.05) is 0 Å². The van der Waals surface area contributed by atoms with Gasteiger partial charge in [-0.3, -0.25) is 5.43 Å². The third-order valence-electron chi connectivity index (χ3n) is 2.25. The number of furan rings is 1. The van der Waals surface area contributed by atoms with Gasteiger partial charge in [-0.1, -0.05) is 12.1 Å². The van der Waals surface area contributed by atoms with Gasteiger partial charge in [0.1, 0.15) is 11.5 Å². The van der Waals surface area contributed by atoms with Crippen LogP contribution in [0.15, 0.2) is 52.2 Å². The van der Waals surface area contributed by atoms with Crippen LogP contribution in [0.3, 0.4) is 0 Å². The molecule has 82 valence electrons. The van der Waals surface area contributed by atoms with E-state index in [0.717, 1.165) is 17.2 Å². The first kappa shape index (κ1) is 10.5. The van der Waals surface area contributed by atoms with Gasteiger partial charge in [0.25, 0.3) is 0 Å². The van der Waals surface area contributed by atoms with Crippen LogP contribution < -0.4 is 5.43 Å². The summed E-state index contributed by atoms with van der Waals surface area (Å²) in [6, 6.07) is 11.8. The number of benzene rings is 1. The maximum Gasteiger partial charge on any atom is 0.149 e. The lowest BCUT2D eigenvalue weighted by Gasteiger charge is -2.02. The second-order valence-electron chi connectivity index (χ2n) is 3.66. The highest BCUT2D eigenvalue weighted by molar-refractivity contribution is 5.96. The number of rotatable bonds is 3. The molecule has 0 aliphatic rings. The van der Waals surface area contributed by atoms with E-state index in [-0.39, 0.29) is 0 Å². The van der Waals surface area contributed by atoms with E-state index in [9.17, 15) is 0 Å². The van der Waals surface area contributed by atoms with Crippen molar-refractivity contribution in [3.63, 3.8) is 0 Å². The van der Waals surface area contributed by atoms with Crippen molar-refractivity contribution in [1.29, 1.82) is 0 Å². The fourth-order valence-electron chi connectivity index (χ4n) is 1.40. The molecule has 0 saturated heterocycles. The Morgan fingerprint density at radius 2 is 2.12 bits per heavy atom. The molecule has 3 nitrogen and oxygen atoms in total. The molecule has 0 aliphatic heterocycles. The molecule has 1 aromatic carbocycles. The second-order valence-corrected chi connectivity index (χ2v) is 3.66. The lowest BCUT2D eigenvalue weighted by atomic mass is 10.2. The number of anilines is 1. The third-order valence-corrected chi connectivity index (χ3v) is 2.25. The fraction of sp³-hybridized carbons (Fsp3) is 0.154. The molecule has 2 rings (SSSR count). The first-order valence-corrected chi connectivity index (χ1v) is 5.16. The van der Waals surface area contributed by atoms with Crippen molar-refractivity contribution in [2.75, 3.05) is 5.43 Å². The molecule has 0 saturated carbocycles. The van der Waals surface area contributed by atoms with Crippen molar-refractivity contribution in [2.24, 2.45) is 5.10 Å². The minimum atomic E-state index is 0.778. The molecular formula is C13H14N2O. The molecule has 0 fully saturated rings. The van der Waals surface area contributed by atoms with E-state index in [1.165, 1.54) is 5.56 Å². The summed E-state index contributed by atoms with van der Waals surface area (Å²) in [7, 11) is 0. The highest BCUT2D eigenvalue weighted by atomic mass is 16.3. The van der Waals surface area contributed by atoms with Crippen LogP contribution >= 0.6 is 0 Å². The summed E-state index contributed by atoms with van der Waals surface area (Å²) in [5.41, 5.74) is 6.01. The Labute approximate surface area is 94.8 Å². The van der Waals surface area contributed by atoms with Crippen molar-refractivity contribution in [2.45, 2.75) is 13.8 Å². The standard InChI is InChI=1S/C13H14N2O/c1-10-5-3-6-12(9-10)15-14-11(2)13-7-4-8-16-13/h3-9,15H,1-2H3/b14-11-. The lowest BCUT2D eigenvalue weighted by molar-refractivity contribution is 0.557. The quantitative estimate of drug-likeness (QED) is 0.628. The molecule has 0 amide bonds. The zero-order valence-corrected chi connectivity index (χ0v) is 9.40. The van der Waals surface area contributed by atoms with Gasteiger partial charge in [0.15, 0.2) is 0 Å². The normalized spacial score (nSPS) is 11.5. The average molecular weight is 214 g/mol. The lowest BCUT2D eigenvalue weighted by Crippen LogP contribution is -1.98. The minimum absolute atomic E-state index is 0.778. The van der Waals surface area contributed by atoms with E-state index in [1.54, 1.807) is 6.26 Å². The molecular weight excluding hydrogens is 200 g/mol. The molecule has 0 spiro atoms. The Bertz CT molecular complexity index is 486. The Kier molecular flexibility index (Phi) is 3.05. The fourth-order valence-corrected chi connectivity index (χ4v) is 1.40. The topological polar surface area (TPSA) is 37.5 Å². The van der Waals surface area contributed by atoms with Crippen LogP contribution in [0.5, 0.6) is 0 Å². The Morgan fingerprint density at radius 3 is 2.81 bits per heavy atom. The van der Waals surface area contributed by atoms with Gasteiger partial charge in [-0.05, 0) is 43.7 Å². The highest BCUT2D eigenvalue weighted by Crippen LogP contribution is 2.10. The zero-order valence-electron chi connectivity index (χ0n) is 9.40. The van der Waals surface area contributed by atoms with E-state index in [4.69, 9.17) is 4.42 Å². The molecule has 16 heavy (non-hydrogen) atoms. The number of nitrogens with one attached hydrogen (secondary N) is 1. The molecule has 0 bridgehead atoms. The smallest absolute Gasteiger partial charge is 0.149 e. The van der Waals surface area contributed by atoms with Crippen LogP contribution in [0, 0.1) is 6.92 Å². The predicted octanol–water partition coefficient (Wildman–Crippen LogP) is 3.42. The number of hydrogen-bond acceptors (Lipinski definition) is 3. The number of hydrazone groups is 1. The Balaban J connectivity index is 2.09. The van der Waals surface area contributed by atoms with E-state index < -0.39 is 0 Å². The van der Waals surface area contributed by atoms with E-state index in [0.29, 0.717) is 0 Å². The molecule has 1 aromatic heterocycles. The van der Waals surface area contributed by atoms with Crippen molar-refractivity contribution >= 4 is 11.4 Å². The molecule has 3 heteroatoms. The zero-order chi connectivity index (χ0) is 11.4. The average Bonchev–Trinajstić information content (AvgIpc) is 2.79. The molecule has 0 radical (unpaired) electrons. The molecule has 0 atom stereocenters. The highest BCUT2D eigenvalue weighted by Gasteiger charge is 1.99. The first-order chi connectivity index (χ1) is 7.75. The minimum Gasteiger partial charge on any atom is -0.463 e. The third kappa shape index (κ3) is 2.51. The number of nitrogens with zero attached hydrogens (tertiary/aromatic N) is 1. The van der Waals surface area contributed by atoms with Gasteiger partial charge in [-0.15, -0.1) is 0 Å². The van der Waals surface area contributed by atoms with Gasteiger partial charge in [-0.25, -0.2) is 0 Å². The molecule has 2 aromatic rings. The van der Waals surface area contributed by atoms with Crippen LogP contribution in [-0.4, -0.2) is 5.71 Å². The van der Waals surface area contributed by atoms with E-state index >= 15 is 0 Å². The summed E-state index contributed by atoms with van der Waals surface area (Å²) >= 11 is 0. The van der Waals surface area contributed by atoms with Crippen molar-refractivity contribution in [3.8, 4) is 0 Å². The maximum absolute atomic E-state index is 5.24. The van der Waals surface area contributed by atoms with Gasteiger partial charge in [-0.2, -0.15) is 5.10 Å². The van der Waals surface area contributed by atoms with Crippen LogP contribution in [0.4, 0.5) is 5.69 Å². The summed E-state index contributed by atoms with van der Waals surface area (Å²) in [5, 5.41) is 4.25. The van der Waals surface area contributed by atoms with Crippen LogP contribution in [0.1, 0.15) is 18.2 Å². The summed E-state index contributed by atoms with van der Waals surface area (Å²) < 4.78 is 5.24. The predicted molar refractivity (Wildman–Crippen MR) is 65.7 cm³/mol. The number of aryl methyl sites for hydroxylation is 1. The van der Waals surface area contributed by atoms with Crippen LogP contribution in [-0.2, 0) is 0 Å². The Morgan fingerprint density at radius 1 is 1.25 bits per heavy atom. The first-order valence-electron chi connectivity index (χ1n) is 5.16. The second kappa shape index (κ2) is 4.66. The van der Waals surface area contributed by atoms with Crippen molar-refractivity contribution in [3.05, 3.63) is 54.0 Å². The van der Waals surface area contributed by atoms with Gasteiger partial charge < -0.3 is 4.42 Å². The summed E-state index contributed by atoms with van der Waals surface area (Å²) in [6.45, 7) is 3.95. The molecule has 0 aliphatic carbocycles. The van der Waals surface area contributed by atoms with Crippen molar-refractivity contribution < 1.29 is 4.42 Å². The largest absolute Gasteiger partial charge is 0.463 e. The van der Waals surface area contributed by atoms with Gasteiger partial charge >= 0.3 is 0 Å². The SMILES string of the molecule is C/C(=N/Nc1cccc(C)c1)c1ccco1. The molecule has 1 heterocycles. The van der Waals surface area contributed by atoms with Crippen LogP contribution in [0.25, 0.3) is 0 Å². The monoisotopic (exact) mass is 214 g/mol.